The number of rotatable bonds is 3. The Bertz CT molecular complexity index is 1210. The summed E-state index contributed by atoms with van der Waals surface area (Å²) >= 11 is 0. The van der Waals surface area contributed by atoms with Gasteiger partial charge in [-0.2, -0.15) is 0 Å². The Morgan fingerprint density at radius 3 is 2.75 bits per heavy atom. The number of hydrogen-bond acceptors (Lipinski definition) is 4. The van der Waals surface area contributed by atoms with E-state index in [1.54, 1.807) is 6.07 Å². The van der Waals surface area contributed by atoms with Crippen molar-refractivity contribution >= 4 is 32.2 Å². The number of anilines is 1. The van der Waals surface area contributed by atoms with E-state index in [1.165, 1.54) is 9.55 Å². The van der Waals surface area contributed by atoms with Crippen molar-refractivity contribution in [2.75, 3.05) is 32.0 Å². The molecule has 2 aliphatic rings. The van der Waals surface area contributed by atoms with Crippen LogP contribution in [-0.2, 0) is 16.4 Å². The summed E-state index contributed by atoms with van der Waals surface area (Å²) < 4.78 is 28.5. The van der Waals surface area contributed by atoms with Gasteiger partial charge in [-0.05, 0) is 55.3 Å². The van der Waals surface area contributed by atoms with E-state index in [-0.39, 0.29) is 0 Å². The third-order valence-electron chi connectivity index (χ3n) is 5.78. The fraction of sp³-hybridized carbons (Fsp3) is 0.273. The van der Waals surface area contributed by atoms with Crippen molar-refractivity contribution in [3.05, 3.63) is 65.9 Å². The van der Waals surface area contributed by atoms with Crippen LogP contribution in [0, 0.1) is 0 Å². The molecule has 2 aliphatic heterocycles. The average molecular weight is 394 g/mol. The van der Waals surface area contributed by atoms with E-state index >= 15 is 0 Å². The van der Waals surface area contributed by atoms with Crippen LogP contribution in [0.5, 0.6) is 0 Å². The van der Waals surface area contributed by atoms with Gasteiger partial charge in [-0.15, -0.1) is 0 Å². The maximum atomic E-state index is 13.5. The zero-order chi connectivity index (χ0) is 19.3. The van der Waals surface area contributed by atoms with Crippen LogP contribution in [-0.4, -0.2) is 44.0 Å². The summed E-state index contributed by atoms with van der Waals surface area (Å²) in [6.45, 7) is 2.73. The van der Waals surface area contributed by atoms with E-state index in [4.69, 9.17) is 0 Å². The summed E-state index contributed by atoms with van der Waals surface area (Å²) in [5, 5.41) is 4.28. The van der Waals surface area contributed by atoms with Crippen molar-refractivity contribution in [1.82, 2.24) is 8.87 Å². The molecule has 0 radical (unpaired) electrons. The minimum atomic E-state index is -3.66. The van der Waals surface area contributed by atoms with E-state index < -0.39 is 10.0 Å². The number of benzene rings is 2. The molecule has 0 bridgehead atoms. The highest BCUT2D eigenvalue weighted by molar-refractivity contribution is 7.90. The van der Waals surface area contributed by atoms with Crippen LogP contribution in [0.3, 0.4) is 0 Å². The molecule has 0 saturated carbocycles. The summed E-state index contributed by atoms with van der Waals surface area (Å²) in [6.07, 6.45) is 5.80. The molecule has 1 N–H and O–H groups in total. The van der Waals surface area contributed by atoms with Gasteiger partial charge in [-0.1, -0.05) is 24.3 Å². The van der Waals surface area contributed by atoms with Crippen molar-refractivity contribution in [2.45, 2.75) is 17.7 Å². The minimum absolute atomic E-state index is 0.347. The van der Waals surface area contributed by atoms with Gasteiger partial charge in [0, 0.05) is 42.5 Å². The highest BCUT2D eigenvalue weighted by Crippen LogP contribution is 2.34. The maximum Gasteiger partial charge on any atom is 0.268 e. The van der Waals surface area contributed by atoms with Crippen LogP contribution < -0.4 is 5.32 Å². The van der Waals surface area contributed by atoms with E-state index in [9.17, 15) is 8.42 Å². The molecule has 3 heterocycles. The molecule has 0 amide bonds. The molecule has 5 nitrogen and oxygen atoms in total. The number of likely N-dealkylation sites (N-methyl/N-ethyl adjacent to an activating group) is 1. The van der Waals surface area contributed by atoms with Gasteiger partial charge in [0.1, 0.15) is 0 Å². The Kier molecular flexibility index (Phi) is 4.07. The van der Waals surface area contributed by atoms with Crippen molar-refractivity contribution < 1.29 is 8.42 Å². The molecule has 28 heavy (non-hydrogen) atoms. The summed E-state index contributed by atoms with van der Waals surface area (Å²) in [7, 11) is -1.56. The van der Waals surface area contributed by atoms with Gasteiger partial charge < -0.3 is 10.2 Å². The predicted molar refractivity (Wildman–Crippen MR) is 113 cm³/mol. The van der Waals surface area contributed by atoms with E-state index in [2.05, 4.69) is 23.3 Å². The van der Waals surface area contributed by atoms with Gasteiger partial charge in [0.25, 0.3) is 10.0 Å². The second kappa shape index (κ2) is 6.50. The normalized spacial score (nSPS) is 17.4. The lowest BCUT2D eigenvalue weighted by atomic mass is 9.99. The molecule has 6 heteroatoms. The first-order valence-electron chi connectivity index (χ1n) is 9.64. The van der Waals surface area contributed by atoms with E-state index in [0.29, 0.717) is 4.90 Å². The largest absolute Gasteiger partial charge is 0.384 e. The topological polar surface area (TPSA) is 54.3 Å². The zero-order valence-electron chi connectivity index (χ0n) is 15.9. The second-order valence-corrected chi connectivity index (χ2v) is 9.41. The maximum absolute atomic E-state index is 13.5. The van der Waals surface area contributed by atoms with Gasteiger partial charge in [0.2, 0.25) is 0 Å². The lowest BCUT2D eigenvalue weighted by molar-refractivity contribution is 0.370. The first kappa shape index (κ1) is 17.5. The number of fused-ring (bicyclic) bond motifs is 2. The molecule has 0 saturated heterocycles. The lowest BCUT2D eigenvalue weighted by Gasteiger charge is -2.21. The Morgan fingerprint density at radius 2 is 1.93 bits per heavy atom. The minimum Gasteiger partial charge on any atom is -0.384 e. The Morgan fingerprint density at radius 1 is 1.07 bits per heavy atom. The molecule has 3 aromatic rings. The monoisotopic (exact) mass is 393 g/mol. The third kappa shape index (κ3) is 2.75. The first-order chi connectivity index (χ1) is 13.5. The zero-order valence-corrected chi connectivity index (χ0v) is 16.7. The Labute approximate surface area is 165 Å². The molecule has 0 spiro atoms. The number of para-hydroxylation sites is 1. The Balaban J connectivity index is 1.67. The van der Waals surface area contributed by atoms with Gasteiger partial charge in [-0.3, -0.25) is 0 Å². The van der Waals surface area contributed by atoms with Crippen molar-refractivity contribution in [1.29, 1.82) is 0 Å². The summed E-state index contributed by atoms with van der Waals surface area (Å²) in [5.41, 5.74) is 5.08. The fourth-order valence-corrected chi connectivity index (χ4v) is 5.60. The van der Waals surface area contributed by atoms with E-state index in [1.807, 2.05) is 42.6 Å². The highest BCUT2D eigenvalue weighted by atomic mass is 32.2. The quantitative estimate of drug-likeness (QED) is 0.739. The van der Waals surface area contributed by atoms with Crippen LogP contribution in [0.2, 0.25) is 0 Å². The summed E-state index contributed by atoms with van der Waals surface area (Å²) in [5.74, 6) is 0. The van der Waals surface area contributed by atoms with Crippen molar-refractivity contribution in [3.8, 4) is 0 Å². The second-order valence-electron chi connectivity index (χ2n) is 7.60. The smallest absolute Gasteiger partial charge is 0.268 e. The molecule has 2 aromatic carbocycles. The van der Waals surface area contributed by atoms with Crippen LogP contribution >= 0.6 is 0 Å². The predicted octanol–water partition coefficient (Wildman–Crippen LogP) is 3.57. The molecule has 0 fully saturated rings. The van der Waals surface area contributed by atoms with Crippen LogP contribution in [0.25, 0.3) is 16.5 Å². The number of nitrogens with one attached hydrogen (secondary N) is 1. The molecule has 144 valence electrons. The number of hydrogen-bond donors (Lipinski definition) is 1. The third-order valence-corrected chi connectivity index (χ3v) is 7.45. The number of nitrogens with zero attached hydrogens (tertiary/aromatic N) is 2. The highest BCUT2D eigenvalue weighted by Gasteiger charge is 2.24. The molecule has 0 aliphatic carbocycles. The van der Waals surface area contributed by atoms with Crippen LogP contribution in [0.1, 0.15) is 17.5 Å². The number of aromatic nitrogens is 1. The van der Waals surface area contributed by atoms with Gasteiger partial charge in [0.15, 0.2) is 0 Å². The van der Waals surface area contributed by atoms with Gasteiger partial charge in [-0.25, -0.2) is 12.4 Å². The SMILES string of the molecule is CN1CC=C(c2cn(S(=O)(=O)c3ccc4c(c3)CCN4)c3ccccc23)CC1. The fourth-order valence-electron chi connectivity index (χ4n) is 4.18. The molecule has 1 aromatic heterocycles. The molecule has 0 unspecified atom stereocenters. The van der Waals surface area contributed by atoms with E-state index in [0.717, 1.165) is 60.2 Å². The summed E-state index contributed by atoms with van der Waals surface area (Å²) in [6, 6.07) is 13.2. The van der Waals surface area contributed by atoms with Gasteiger partial charge >= 0.3 is 0 Å². The van der Waals surface area contributed by atoms with Crippen LogP contribution in [0.4, 0.5) is 5.69 Å². The summed E-state index contributed by atoms with van der Waals surface area (Å²) in [4.78, 5) is 2.61. The molecule has 0 atom stereocenters. The molecular weight excluding hydrogens is 370 g/mol. The Hall–Kier alpha value is -2.57. The standard InChI is InChI=1S/C22H23N3O2S/c1-24-12-9-16(10-13-24)20-15-25(22-5-3-2-4-19(20)22)28(26,27)18-6-7-21-17(14-18)8-11-23-21/h2-7,9,14-15,23H,8,10-13H2,1H3. The first-order valence-corrected chi connectivity index (χ1v) is 11.1. The average Bonchev–Trinajstić information content (AvgIpc) is 3.33. The van der Waals surface area contributed by atoms with Crippen LogP contribution in [0.15, 0.2) is 59.6 Å². The van der Waals surface area contributed by atoms with Crippen molar-refractivity contribution in [3.63, 3.8) is 0 Å². The molecule has 5 rings (SSSR count). The molecular formula is C22H23N3O2S. The van der Waals surface area contributed by atoms with Crippen molar-refractivity contribution in [2.24, 2.45) is 0 Å². The lowest BCUT2D eigenvalue weighted by Crippen LogP contribution is -2.23. The van der Waals surface area contributed by atoms with Gasteiger partial charge in [0.05, 0.1) is 10.4 Å².